The van der Waals surface area contributed by atoms with Crippen LogP contribution in [0.15, 0.2) is 36.4 Å². The van der Waals surface area contributed by atoms with Crippen molar-refractivity contribution in [3.8, 4) is 11.5 Å². The summed E-state index contributed by atoms with van der Waals surface area (Å²) in [6.07, 6.45) is 0. The van der Waals surface area contributed by atoms with Gasteiger partial charge < -0.3 is 19.5 Å². The maximum atomic E-state index is 12.1. The van der Waals surface area contributed by atoms with Gasteiger partial charge in [0.1, 0.15) is 13.2 Å². The van der Waals surface area contributed by atoms with Crippen molar-refractivity contribution in [2.45, 2.75) is 0 Å². The number of non-ortho nitro benzene ring substituents is 1. The normalized spacial score (nSPS) is 12.2. The van der Waals surface area contributed by atoms with Crippen molar-refractivity contribution in [1.29, 1.82) is 0 Å². The Morgan fingerprint density at radius 1 is 1.15 bits per heavy atom. The third kappa shape index (κ3) is 4.45. The van der Waals surface area contributed by atoms with Crippen LogP contribution in [0.25, 0.3) is 0 Å². The van der Waals surface area contributed by atoms with Gasteiger partial charge in [0.05, 0.1) is 21.2 Å². The summed E-state index contributed by atoms with van der Waals surface area (Å²) < 4.78 is 15.7. The summed E-state index contributed by atoms with van der Waals surface area (Å²) in [4.78, 5) is 34.1. The molecular weight excluding hydrogens is 380 g/mol. The standard InChI is InChI=1S/C17H13ClN2O7/c18-12-8-11(20(23)24)2-3-13(12)19-16(21)9-27-17(22)10-1-4-14-15(7-10)26-6-5-25-14/h1-4,7-8H,5-6,9H2,(H,19,21). The Bertz CT molecular complexity index is 916. The van der Waals surface area contributed by atoms with Crippen LogP contribution in [0.4, 0.5) is 11.4 Å². The van der Waals surface area contributed by atoms with Crippen LogP contribution in [0, 0.1) is 10.1 Å². The molecule has 0 spiro atoms. The van der Waals surface area contributed by atoms with E-state index in [0.717, 1.165) is 6.07 Å². The van der Waals surface area contributed by atoms with E-state index in [1.165, 1.54) is 24.3 Å². The van der Waals surface area contributed by atoms with E-state index in [1.54, 1.807) is 6.07 Å². The zero-order valence-electron chi connectivity index (χ0n) is 13.8. The average molecular weight is 393 g/mol. The number of hydrogen-bond donors (Lipinski definition) is 1. The molecule has 2 aromatic rings. The van der Waals surface area contributed by atoms with Crippen LogP contribution in [-0.2, 0) is 9.53 Å². The largest absolute Gasteiger partial charge is 0.486 e. The van der Waals surface area contributed by atoms with Gasteiger partial charge in [0, 0.05) is 12.1 Å². The topological polar surface area (TPSA) is 117 Å². The molecule has 1 aliphatic rings. The quantitative estimate of drug-likeness (QED) is 0.472. The first kappa shape index (κ1) is 18.5. The lowest BCUT2D eigenvalue weighted by Crippen LogP contribution is -2.21. The molecule has 27 heavy (non-hydrogen) atoms. The van der Waals surface area contributed by atoms with Crippen LogP contribution < -0.4 is 14.8 Å². The number of amides is 1. The summed E-state index contributed by atoms with van der Waals surface area (Å²) in [6, 6.07) is 8.16. The van der Waals surface area contributed by atoms with Crippen molar-refractivity contribution in [2.24, 2.45) is 0 Å². The van der Waals surface area contributed by atoms with Crippen molar-refractivity contribution in [3.63, 3.8) is 0 Å². The predicted molar refractivity (Wildman–Crippen MR) is 94.5 cm³/mol. The number of ether oxygens (including phenoxy) is 3. The minimum absolute atomic E-state index is 0.00397. The molecule has 0 aliphatic carbocycles. The molecule has 3 rings (SSSR count). The van der Waals surface area contributed by atoms with Gasteiger partial charge in [0.2, 0.25) is 0 Å². The molecule has 140 valence electrons. The van der Waals surface area contributed by atoms with Gasteiger partial charge in [-0.2, -0.15) is 0 Å². The number of nitrogens with one attached hydrogen (secondary N) is 1. The number of benzene rings is 2. The number of hydrogen-bond acceptors (Lipinski definition) is 7. The fourth-order valence-corrected chi connectivity index (χ4v) is 2.51. The van der Waals surface area contributed by atoms with E-state index >= 15 is 0 Å². The fourth-order valence-electron chi connectivity index (χ4n) is 2.29. The summed E-state index contributed by atoms with van der Waals surface area (Å²) in [5.41, 5.74) is 0.172. The molecule has 1 amide bonds. The fraction of sp³-hybridized carbons (Fsp3) is 0.176. The maximum Gasteiger partial charge on any atom is 0.338 e. The Hall–Kier alpha value is -3.33. The number of nitro groups is 1. The first-order valence-corrected chi connectivity index (χ1v) is 8.12. The number of rotatable bonds is 5. The van der Waals surface area contributed by atoms with Crippen LogP contribution in [0.1, 0.15) is 10.4 Å². The molecular formula is C17H13ClN2O7. The van der Waals surface area contributed by atoms with Crippen LogP contribution in [-0.4, -0.2) is 36.6 Å². The van der Waals surface area contributed by atoms with Gasteiger partial charge in [-0.1, -0.05) is 11.6 Å². The molecule has 10 heteroatoms. The SMILES string of the molecule is O=C(COC(=O)c1ccc2c(c1)OCCO2)Nc1ccc([N+](=O)[O-])cc1Cl. The minimum atomic E-state index is -0.711. The molecule has 1 aliphatic heterocycles. The van der Waals surface area contributed by atoms with Crippen LogP contribution in [0.5, 0.6) is 11.5 Å². The number of carbonyl (C=O) groups excluding carboxylic acids is 2. The van der Waals surface area contributed by atoms with Gasteiger partial charge in [0.15, 0.2) is 18.1 Å². The Kier molecular flexibility index (Phi) is 5.41. The van der Waals surface area contributed by atoms with E-state index in [2.05, 4.69) is 5.32 Å². The van der Waals surface area contributed by atoms with E-state index in [1.807, 2.05) is 0 Å². The highest BCUT2D eigenvalue weighted by Gasteiger charge is 2.17. The van der Waals surface area contributed by atoms with Gasteiger partial charge in [-0.05, 0) is 24.3 Å². The average Bonchev–Trinajstić information content (AvgIpc) is 2.67. The number of carbonyl (C=O) groups is 2. The van der Waals surface area contributed by atoms with Crippen molar-refractivity contribution in [3.05, 3.63) is 57.1 Å². The Morgan fingerprint density at radius 2 is 1.89 bits per heavy atom. The van der Waals surface area contributed by atoms with Crippen LogP contribution in [0.3, 0.4) is 0 Å². The van der Waals surface area contributed by atoms with Gasteiger partial charge in [-0.3, -0.25) is 14.9 Å². The molecule has 0 fully saturated rings. The van der Waals surface area contributed by atoms with Crippen molar-refractivity contribution in [1.82, 2.24) is 0 Å². The first-order valence-electron chi connectivity index (χ1n) is 7.74. The predicted octanol–water partition coefficient (Wildman–Crippen LogP) is 2.81. The smallest absolute Gasteiger partial charge is 0.338 e. The highest BCUT2D eigenvalue weighted by atomic mass is 35.5. The van der Waals surface area contributed by atoms with Crippen LogP contribution in [0.2, 0.25) is 5.02 Å². The molecule has 0 atom stereocenters. The number of esters is 1. The molecule has 0 radical (unpaired) electrons. The summed E-state index contributed by atoms with van der Waals surface area (Å²) in [5, 5.41) is 13.1. The van der Waals surface area contributed by atoms with Gasteiger partial charge >= 0.3 is 5.97 Å². The number of anilines is 1. The van der Waals surface area contributed by atoms with Gasteiger partial charge in [-0.15, -0.1) is 0 Å². The third-order valence-corrected chi connectivity index (χ3v) is 3.86. The monoisotopic (exact) mass is 392 g/mol. The van der Waals surface area contributed by atoms with E-state index in [9.17, 15) is 19.7 Å². The molecule has 1 heterocycles. The van der Waals surface area contributed by atoms with Gasteiger partial charge in [0.25, 0.3) is 11.6 Å². The van der Waals surface area contributed by atoms with E-state index in [4.69, 9.17) is 25.8 Å². The van der Waals surface area contributed by atoms with Crippen molar-refractivity contribution < 1.29 is 28.7 Å². The number of nitro benzene ring substituents is 1. The molecule has 0 saturated carbocycles. The Morgan fingerprint density at radius 3 is 2.59 bits per heavy atom. The lowest BCUT2D eigenvalue weighted by molar-refractivity contribution is -0.384. The Balaban J connectivity index is 1.57. The lowest BCUT2D eigenvalue weighted by atomic mass is 10.2. The third-order valence-electron chi connectivity index (χ3n) is 3.55. The second-order valence-electron chi connectivity index (χ2n) is 5.40. The van der Waals surface area contributed by atoms with Crippen molar-refractivity contribution in [2.75, 3.05) is 25.1 Å². The van der Waals surface area contributed by atoms with Crippen molar-refractivity contribution >= 4 is 34.9 Å². The van der Waals surface area contributed by atoms with E-state index in [-0.39, 0.29) is 22.0 Å². The number of nitrogens with zero attached hydrogens (tertiary/aromatic N) is 1. The number of fused-ring (bicyclic) bond motifs is 1. The summed E-state index contributed by atoms with van der Waals surface area (Å²) in [7, 11) is 0. The molecule has 1 N–H and O–H groups in total. The lowest BCUT2D eigenvalue weighted by Gasteiger charge is -2.18. The zero-order valence-corrected chi connectivity index (χ0v) is 14.5. The maximum absolute atomic E-state index is 12.1. The number of halogens is 1. The molecule has 0 unspecified atom stereocenters. The summed E-state index contributed by atoms with van der Waals surface area (Å²) in [6.45, 7) is 0.257. The second kappa shape index (κ2) is 7.92. The first-order chi connectivity index (χ1) is 12.9. The molecule has 0 bridgehead atoms. The highest BCUT2D eigenvalue weighted by Crippen LogP contribution is 2.31. The molecule has 0 aromatic heterocycles. The molecule has 2 aromatic carbocycles. The molecule has 9 nitrogen and oxygen atoms in total. The summed E-state index contributed by atoms with van der Waals surface area (Å²) in [5.74, 6) is -0.394. The Labute approximate surface area is 157 Å². The van der Waals surface area contributed by atoms with E-state index in [0.29, 0.717) is 24.7 Å². The highest BCUT2D eigenvalue weighted by molar-refractivity contribution is 6.34. The zero-order chi connectivity index (χ0) is 19.4. The minimum Gasteiger partial charge on any atom is -0.486 e. The summed E-state index contributed by atoms with van der Waals surface area (Å²) >= 11 is 5.89. The van der Waals surface area contributed by atoms with Crippen LogP contribution >= 0.6 is 11.6 Å². The van der Waals surface area contributed by atoms with Gasteiger partial charge in [-0.25, -0.2) is 4.79 Å². The second-order valence-corrected chi connectivity index (χ2v) is 5.81. The molecule has 0 saturated heterocycles. The van der Waals surface area contributed by atoms with E-state index < -0.39 is 23.4 Å².